The quantitative estimate of drug-likeness (QED) is 0.907. The van der Waals surface area contributed by atoms with E-state index in [1.165, 1.54) is 16.7 Å². The molecule has 0 saturated carbocycles. The van der Waals surface area contributed by atoms with Gasteiger partial charge >= 0.3 is 0 Å². The zero-order valence-electron chi connectivity index (χ0n) is 12.4. The maximum atomic E-state index is 4.11. The molecule has 2 heterocycles. The highest BCUT2D eigenvalue weighted by atomic mass is 15.0. The van der Waals surface area contributed by atoms with Gasteiger partial charge in [-0.15, -0.1) is 0 Å². The van der Waals surface area contributed by atoms with E-state index in [9.17, 15) is 0 Å². The van der Waals surface area contributed by atoms with Gasteiger partial charge in [0.2, 0.25) is 0 Å². The average Bonchev–Trinajstić information content (AvgIpc) is 2.58. The molecule has 3 heteroatoms. The zero-order valence-corrected chi connectivity index (χ0v) is 12.4. The Bertz CT molecular complexity index is 522. The summed E-state index contributed by atoms with van der Waals surface area (Å²) in [7, 11) is 0. The molecular weight excluding hydrogens is 258 g/mol. The monoisotopic (exact) mass is 281 g/mol. The van der Waals surface area contributed by atoms with E-state index in [0.29, 0.717) is 0 Å². The van der Waals surface area contributed by atoms with E-state index >= 15 is 0 Å². The van der Waals surface area contributed by atoms with Gasteiger partial charge in [-0.2, -0.15) is 0 Å². The molecule has 0 spiro atoms. The molecule has 2 N–H and O–H groups in total. The molecule has 0 radical (unpaired) electrons. The number of hydrogen-bond acceptors (Lipinski definition) is 3. The van der Waals surface area contributed by atoms with E-state index in [1.54, 1.807) is 6.20 Å². The Morgan fingerprint density at radius 1 is 1.00 bits per heavy atom. The number of piperazine rings is 1. The van der Waals surface area contributed by atoms with Crippen LogP contribution in [0.5, 0.6) is 0 Å². The van der Waals surface area contributed by atoms with Crippen LogP contribution in [0, 0.1) is 0 Å². The van der Waals surface area contributed by atoms with Gasteiger partial charge < -0.3 is 10.6 Å². The molecule has 0 atom stereocenters. The molecule has 1 aliphatic heterocycles. The van der Waals surface area contributed by atoms with Crippen LogP contribution in [0.15, 0.2) is 55.4 Å². The second-order valence-electron chi connectivity index (χ2n) is 4.94. The predicted octanol–water partition coefficient (Wildman–Crippen LogP) is 2.49. The zero-order chi connectivity index (χ0) is 14.8. The van der Waals surface area contributed by atoms with Crippen molar-refractivity contribution in [3.8, 4) is 0 Å². The van der Waals surface area contributed by atoms with Crippen LogP contribution in [0.25, 0.3) is 6.08 Å². The fourth-order valence-corrected chi connectivity index (χ4v) is 2.22. The number of aromatic nitrogens is 1. The van der Waals surface area contributed by atoms with Gasteiger partial charge in [0.1, 0.15) is 0 Å². The summed E-state index contributed by atoms with van der Waals surface area (Å²) in [5, 5.41) is 6.44. The van der Waals surface area contributed by atoms with Crippen molar-refractivity contribution < 1.29 is 0 Å². The Labute approximate surface area is 127 Å². The number of nitrogens with zero attached hydrogens (tertiary/aromatic N) is 1. The van der Waals surface area contributed by atoms with Gasteiger partial charge in [-0.3, -0.25) is 4.98 Å². The van der Waals surface area contributed by atoms with Crippen molar-refractivity contribution in [2.45, 2.75) is 6.42 Å². The Morgan fingerprint density at radius 3 is 2.29 bits per heavy atom. The maximum Gasteiger partial charge on any atom is 0.0303 e. The lowest BCUT2D eigenvalue weighted by molar-refractivity contribution is 0.534. The number of rotatable bonds is 3. The van der Waals surface area contributed by atoms with Crippen LogP contribution in [-0.4, -0.2) is 31.2 Å². The van der Waals surface area contributed by atoms with Crippen molar-refractivity contribution in [3.63, 3.8) is 0 Å². The first kappa shape index (κ1) is 15.4. The molecule has 2 aromatic rings. The fraction of sp³-hybridized carbons (Fsp3) is 0.278. The number of pyridine rings is 1. The summed E-state index contributed by atoms with van der Waals surface area (Å²) in [6, 6.07) is 12.4. The van der Waals surface area contributed by atoms with E-state index in [-0.39, 0.29) is 0 Å². The average molecular weight is 281 g/mol. The van der Waals surface area contributed by atoms with Gasteiger partial charge in [-0.1, -0.05) is 43.0 Å². The summed E-state index contributed by atoms with van der Waals surface area (Å²) in [4.78, 5) is 4.11. The van der Waals surface area contributed by atoms with Gasteiger partial charge in [0.25, 0.3) is 0 Å². The van der Waals surface area contributed by atoms with Gasteiger partial charge in [-0.25, -0.2) is 0 Å². The highest BCUT2D eigenvalue weighted by Crippen LogP contribution is 2.14. The van der Waals surface area contributed by atoms with E-state index in [4.69, 9.17) is 0 Å². The summed E-state index contributed by atoms with van der Waals surface area (Å²) in [5.74, 6) is 0. The molecule has 0 unspecified atom stereocenters. The molecule has 1 fully saturated rings. The molecule has 110 valence electrons. The minimum Gasteiger partial charge on any atom is -0.314 e. The minimum atomic E-state index is 0.913. The summed E-state index contributed by atoms with van der Waals surface area (Å²) < 4.78 is 0. The third-order valence-corrected chi connectivity index (χ3v) is 3.35. The Kier molecular flexibility index (Phi) is 6.65. The predicted molar refractivity (Wildman–Crippen MR) is 89.3 cm³/mol. The molecule has 0 bridgehead atoms. The van der Waals surface area contributed by atoms with E-state index in [1.807, 2.05) is 24.4 Å². The number of hydrogen-bond donors (Lipinski definition) is 2. The van der Waals surface area contributed by atoms with Crippen molar-refractivity contribution in [2.24, 2.45) is 0 Å². The number of nitrogens with one attached hydrogen (secondary N) is 2. The molecule has 3 rings (SSSR count). The molecule has 1 aromatic carbocycles. The number of benzene rings is 1. The van der Waals surface area contributed by atoms with Crippen LogP contribution in [0.3, 0.4) is 0 Å². The lowest BCUT2D eigenvalue weighted by atomic mass is 10.0. The molecule has 3 nitrogen and oxygen atoms in total. The fourth-order valence-electron chi connectivity index (χ4n) is 2.22. The smallest absolute Gasteiger partial charge is 0.0303 e. The summed E-state index contributed by atoms with van der Waals surface area (Å²) in [6.45, 7) is 8.37. The lowest BCUT2D eigenvalue weighted by Crippen LogP contribution is -2.39. The van der Waals surface area contributed by atoms with E-state index in [2.05, 4.69) is 46.5 Å². The summed E-state index contributed by atoms with van der Waals surface area (Å²) >= 11 is 0. The first-order chi connectivity index (χ1) is 10.4. The largest absolute Gasteiger partial charge is 0.314 e. The van der Waals surface area contributed by atoms with Crippen LogP contribution in [0.1, 0.15) is 16.7 Å². The van der Waals surface area contributed by atoms with Crippen molar-refractivity contribution in [1.29, 1.82) is 0 Å². The summed E-state index contributed by atoms with van der Waals surface area (Å²) in [6.07, 6.45) is 6.50. The van der Waals surface area contributed by atoms with Gasteiger partial charge in [0.15, 0.2) is 0 Å². The van der Waals surface area contributed by atoms with Crippen LogP contribution >= 0.6 is 0 Å². The lowest BCUT2D eigenvalue weighted by Gasteiger charge is -2.11. The van der Waals surface area contributed by atoms with E-state index < -0.39 is 0 Å². The SMILES string of the molecule is C1CNCCN1.C=Cc1ccccc1Cc1cccnc1. The van der Waals surface area contributed by atoms with Gasteiger partial charge in [-0.05, 0) is 29.2 Å². The Morgan fingerprint density at radius 2 is 1.71 bits per heavy atom. The second-order valence-corrected chi connectivity index (χ2v) is 4.94. The minimum absolute atomic E-state index is 0.913. The van der Waals surface area contributed by atoms with Crippen LogP contribution in [0.4, 0.5) is 0 Å². The maximum absolute atomic E-state index is 4.11. The Hall–Kier alpha value is -1.97. The second kappa shape index (κ2) is 9.06. The summed E-state index contributed by atoms with van der Waals surface area (Å²) in [5.41, 5.74) is 3.72. The van der Waals surface area contributed by atoms with Crippen LogP contribution in [-0.2, 0) is 6.42 Å². The third kappa shape index (κ3) is 5.50. The van der Waals surface area contributed by atoms with Crippen molar-refractivity contribution in [2.75, 3.05) is 26.2 Å². The molecule has 0 amide bonds. The highest BCUT2D eigenvalue weighted by molar-refractivity contribution is 5.52. The molecular formula is C18H23N3. The first-order valence-corrected chi connectivity index (χ1v) is 7.41. The van der Waals surface area contributed by atoms with Crippen LogP contribution < -0.4 is 10.6 Å². The van der Waals surface area contributed by atoms with Gasteiger partial charge in [0.05, 0.1) is 0 Å². The Balaban J connectivity index is 0.000000225. The molecule has 1 saturated heterocycles. The highest BCUT2D eigenvalue weighted by Gasteiger charge is 1.99. The third-order valence-electron chi connectivity index (χ3n) is 3.35. The molecule has 1 aliphatic rings. The molecule has 21 heavy (non-hydrogen) atoms. The molecule has 0 aliphatic carbocycles. The first-order valence-electron chi connectivity index (χ1n) is 7.41. The van der Waals surface area contributed by atoms with Gasteiger partial charge in [0, 0.05) is 38.6 Å². The van der Waals surface area contributed by atoms with Crippen LogP contribution in [0.2, 0.25) is 0 Å². The standard InChI is InChI=1S/C14H13N.C4H10N2/c1-2-13-7-3-4-8-14(13)10-12-6-5-9-15-11-12;1-2-6-4-3-5-1/h2-9,11H,1,10H2;5-6H,1-4H2. The van der Waals surface area contributed by atoms with Crippen molar-refractivity contribution in [1.82, 2.24) is 15.6 Å². The molecule has 1 aromatic heterocycles. The topological polar surface area (TPSA) is 37.0 Å². The van der Waals surface area contributed by atoms with E-state index in [0.717, 1.165) is 32.6 Å². The van der Waals surface area contributed by atoms with Crippen molar-refractivity contribution >= 4 is 6.08 Å². The normalized spacial score (nSPS) is 13.9. The van der Waals surface area contributed by atoms with Crippen molar-refractivity contribution in [3.05, 3.63) is 72.1 Å².